The van der Waals surface area contributed by atoms with Crippen LogP contribution in [0.2, 0.25) is 0 Å². The Kier molecular flexibility index (Phi) is 3.69. The van der Waals surface area contributed by atoms with Gasteiger partial charge in [-0.05, 0) is 19.4 Å². The van der Waals surface area contributed by atoms with Crippen molar-refractivity contribution in [2.45, 2.75) is 26.8 Å². The first-order chi connectivity index (χ1) is 9.40. The molecule has 1 N–H and O–H groups in total. The van der Waals surface area contributed by atoms with E-state index in [-0.39, 0.29) is 11.1 Å². The summed E-state index contributed by atoms with van der Waals surface area (Å²) in [6, 6.07) is 1.35. The maximum absolute atomic E-state index is 12.0. The predicted molar refractivity (Wildman–Crippen MR) is 71.8 cm³/mol. The molecule has 0 aliphatic heterocycles. The Morgan fingerprint density at radius 1 is 1.40 bits per heavy atom. The molecule has 2 rings (SSSR count). The molecular weight excluding hydrogens is 260 g/mol. The minimum Gasteiger partial charge on any atom is -0.478 e. The zero-order chi connectivity index (χ0) is 14.9. The van der Waals surface area contributed by atoms with E-state index in [0.29, 0.717) is 30.0 Å². The third-order valence-electron chi connectivity index (χ3n) is 3.19. The summed E-state index contributed by atoms with van der Waals surface area (Å²) in [5, 5.41) is 13.3. The van der Waals surface area contributed by atoms with Gasteiger partial charge in [0.05, 0.1) is 5.56 Å². The second-order valence-electron chi connectivity index (χ2n) is 4.67. The molecule has 0 aromatic carbocycles. The van der Waals surface area contributed by atoms with Gasteiger partial charge in [-0.2, -0.15) is 5.10 Å². The lowest BCUT2D eigenvalue weighted by molar-refractivity contribution is 0.0694. The van der Waals surface area contributed by atoms with Crippen molar-refractivity contribution < 1.29 is 9.90 Å². The van der Waals surface area contributed by atoms with Crippen LogP contribution in [0.1, 0.15) is 27.4 Å². The molecule has 0 atom stereocenters. The maximum Gasteiger partial charge on any atom is 0.337 e. The summed E-state index contributed by atoms with van der Waals surface area (Å²) < 4.78 is 3.04. The van der Waals surface area contributed by atoms with E-state index in [4.69, 9.17) is 0 Å². The van der Waals surface area contributed by atoms with Gasteiger partial charge < -0.3 is 9.67 Å². The molecule has 2 aromatic heterocycles. The number of carboxylic acids is 1. The lowest BCUT2D eigenvalue weighted by atomic mass is 10.1. The normalized spacial score (nSPS) is 10.8. The van der Waals surface area contributed by atoms with Gasteiger partial charge in [0.2, 0.25) is 0 Å². The molecule has 106 valence electrons. The zero-order valence-corrected chi connectivity index (χ0v) is 11.6. The molecule has 2 aromatic rings. The van der Waals surface area contributed by atoms with Crippen molar-refractivity contribution >= 4 is 5.97 Å². The number of aryl methyl sites for hydroxylation is 3. The van der Waals surface area contributed by atoms with Gasteiger partial charge in [0.15, 0.2) is 5.82 Å². The number of hydrogen-bond acceptors (Lipinski definition) is 4. The highest BCUT2D eigenvalue weighted by molar-refractivity contribution is 5.90. The standard InChI is InChI=1S/C13H16N4O3/c1-8-6-11(18)17(9(2)12(8)13(19)20)5-4-10-14-7-16(3)15-10/h6-7H,4-5H2,1-3H3,(H,19,20). The van der Waals surface area contributed by atoms with Crippen LogP contribution < -0.4 is 5.56 Å². The minimum atomic E-state index is -1.02. The van der Waals surface area contributed by atoms with Crippen molar-refractivity contribution in [3.63, 3.8) is 0 Å². The summed E-state index contributed by atoms with van der Waals surface area (Å²) in [6.07, 6.45) is 2.06. The molecule has 0 bridgehead atoms. The molecule has 0 radical (unpaired) electrons. The van der Waals surface area contributed by atoms with E-state index in [0.717, 1.165) is 0 Å². The van der Waals surface area contributed by atoms with Crippen molar-refractivity contribution in [3.8, 4) is 0 Å². The van der Waals surface area contributed by atoms with Crippen LogP contribution in [-0.2, 0) is 20.0 Å². The first-order valence-corrected chi connectivity index (χ1v) is 6.19. The van der Waals surface area contributed by atoms with Gasteiger partial charge in [0.1, 0.15) is 6.33 Å². The van der Waals surface area contributed by atoms with Crippen molar-refractivity contribution in [2.75, 3.05) is 0 Å². The van der Waals surface area contributed by atoms with Crippen LogP contribution >= 0.6 is 0 Å². The summed E-state index contributed by atoms with van der Waals surface area (Å²) in [7, 11) is 1.77. The molecule has 7 heteroatoms. The molecule has 20 heavy (non-hydrogen) atoms. The Bertz CT molecular complexity index is 715. The van der Waals surface area contributed by atoms with Crippen LogP contribution in [0.15, 0.2) is 17.2 Å². The van der Waals surface area contributed by atoms with Crippen molar-refractivity contribution in [2.24, 2.45) is 7.05 Å². The highest BCUT2D eigenvalue weighted by atomic mass is 16.4. The van der Waals surface area contributed by atoms with E-state index in [1.54, 1.807) is 31.9 Å². The van der Waals surface area contributed by atoms with Crippen molar-refractivity contribution in [1.29, 1.82) is 0 Å². The van der Waals surface area contributed by atoms with E-state index in [2.05, 4.69) is 10.1 Å². The van der Waals surface area contributed by atoms with E-state index >= 15 is 0 Å². The smallest absolute Gasteiger partial charge is 0.337 e. The Balaban J connectivity index is 2.34. The summed E-state index contributed by atoms with van der Waals surface area (Å²) in [4.78, 5) is 27.3. The van der Waals surface area contributed by atoms with E-state index < -0.39 is 5.97 Å². The quantitative estimate of drug-likeness (QED) is 0.880. The zero-order valence-electron chi connectivity index (χ0n) is 11.6. The fourth-order valence-corrected chi connectivity index (χ4v) is 2.23. The number of pyridine rings is 1. The van der Waals surface area contributed by atoms with Crippen LogP contribution in [0.3, 0.4) is 0 Å². The highest BCUT2D eigenvalue weighted by Crippen LogP contribution is 2.11. The van der Waals surface area contributed by atoms with Crippen LogP contribution in [0.25, 0.3) is 0 Å². The number of aromatic nitrogens is 4. The van der Waals surface area contributed by atoms with Crippen molar-refractivity contribution in [1.82, 2.24) is 19.3 Å². The monoisotopic (exact) mass is 276 g/mol. The topological polar surface area (TPSA) is 90.0 Å². The molecule has 0 aliphatic rings. The fraction of sp³-hybridized carbons (Fsp3) is 0.385. The van der Waals surface area contributed by atoms with Gasteiger partial charge in [0, 0.05) is 31.8 Å². The number of aromatic carboxylic acids is 1. The summed E-state index contributed by atoms with van der Waals surface area (Å²) in [6.45, 7) is 3.63. The molecule has 0 spiro atoms. The average molecular weight is 276 g/mol. The fourth-order valence-electron chi connectivity index (χ4n) is 2.23. The first kappa shape index (κ1) is 14.0. The van der Waals surface area contributed by atoms with Crippen LogP contribution in [0.5, 0.6) is 0 Å². The predicted octanol–water partition coefficient (Wildman–Crippen LogP) is 0.535. The number of carbonyl (C=O) groups is 1. The van der Waals surface area contributed by atoms with Gasteiger partial charge in [-0.15, -0.1) is 0 Å². The van der Waals surface area contributed by atoms with Crippen LogP contribution in [-0.4, -0.2) is 30.4 Å². The molecule has 0 aliphatic carbocycles. The van der Waals surface area contributed by atoms with Crippen LogP contribution in [0.4, 0.5) is 0 Å². The molecule has 7 nitrogen and oxygen atoms in total. The number of rotatable bonds is 4. The summed E-state index contributed by atoms with van der Waals surface area (Å²) in [5.41, 5.74) is 0.908. The minimum absolute atomic E-state index is 0.179. The first-order valence-electron chi connectivity index (χ1n) is 6.19. The summed E-state index contributed by atoms with van der Waals surface area (Å²) >= 11 is 0. The molecule has 2 heterocycles. The SMILES string of the molecule is Cc1cc(=O)n(CCc2ncn(C)n2)c(C)c1C(=O)O. The summed E-state index contributed by atoms with van der Waals surface area (Å²) in [5.74, 6) is -0.402. The Hall–Kier alpha value is -2.44. The largest absolute Gasteiger partial charge is 0.478 e. The van der Waals surface area contributed by atoms with E-state index in [1.807, 2.05) is 0 Å². The second kappa shape index (κ2) is 5.28. The lowest BCUT2D eigenvalue weighted by Crippen LogP contribution is -2.26. The average Bonchev–Trinajstić information content (AvgIpc) is 2.73. The number of nitrogens with zero attached hydrogens (tertiary/aromatic N) is 4. The van der Waals surface area contributed by atoms with Gasteiger partial charge >= 0.3 is 5.97 Å². The molecule has 0 amide bonds. The Morgan fingerprint density at radius 2 is 2.10 bits per heavy atom. The van der Waals surface area contributed by atoms with Gasteiger partial charge in [-0.1, -0.05) is 0 Å². The van der Waals surface area contributed by atoms with Gasteiger partial charge in [-0.25, -0.2) is 9.78 Å². The Morgan fingerprint density at radius 3 is 2.65 bits per heavy atom. The maximum atomic E-state index is 12.0. The number of hydrogen-bond donors (Lipinski definition) is 1. The molecule has 0 unspecified atom stereocenters. The molecular formula is C13H16N4O3. The Labute approximate surface area is 115 Å². The van der Waals surface area contributed by atoms with Crippen molar-refractivity contribution in [3.05, 3.63) is 45.4 Å². The van der Waals surface area contributed by atoms with Gasteiger partial charge in [0.25, 0.3) is 5.56 Å². The number of carboxylic acid groups (broad SMARTS) is 1. The van der Waals surface area contributed by atoms with E-state index in [9.17, 15) is 14.7 Å². The molecule has 0 saturated heterocycles. The second-order valence-corrected chi connectivity index (χ2v) is 4.67. The van der Waals surface area contributed by atoms with Crippen LogP contribution in [0, 0.1) is 13.8 Å². The lowest BCUT2D eigenvalue weighted by Gasteiger charge is -2.13. The van der Waals surface area contributed by atoms with Gasteiger partial charge in [-0.3, -0.25) is 9.48 Å². The highest BCUT2D eigenvalue weighted by Gasteiger charge is 2.15. The third-order valence-corrected chi connectivity index (χ3v) is 3.19. The molecule has 0 fully saturated rings. The molecule has 0 saturated carbocycles. The van der Waals surface area contributed by atoms with E-state index in [1.165, 1.54) is 10.6 Å². The third kappa shape index (κ3) is 2.61.